The number of ether oxygens (including phenoxy) is 1. The Kier molecular flexibility index (Phi) is 5.65. The Balaban J connectivity index is 2.39. The minimum Gasteiger partial charge on any atom is -0.398 e. The second-order valence-corrected chi connectivity index (χ2v) is 4.62. The quantitative estimate of drug-likeness (QED) is 0.600. The molecule has 0 heterocycles. The highest BCUT2D eigenvalue weighted by molar-refractivity contribution is 5.99. The van der Waals surface area contributed by atoms with Crippen LogP contribution in [0.4, 0.5) is 5.69 Å². The van der Waals surface area contributed by atoms with Gasteiger partial charge in [-0.1, -0.05) is 11.6 Å². The first kappa shape index (κ1) is 14.5. The number of carbonyl (C=O) groups excluding carboxylic acids is 1. The van der Waals surface area contributed by atoms with E-state index in [4.69, 9.17) is 10.5 Å². The van der Waals surface area contributed by atoms with Crippen molar-refractivity contribution >= 4 is 11.6 Å². The molecule has 0 unspecified atom stereocenters. The molecule has 1 rings (SSSR count). The molecule has 0 bridgehead atoms. The Labute approximate surface area is 109 Å². The topological polar surface area (TPSA) is 64.4 Å². The van der Waals surface area contributed by atoms with Crippen LogP contribution >= 0.6 is 0 Å². The number of nitrogens with two attached hydrogens (primary N) is 1. The van der Waals surface area contributed by atoms with Gasteiger partial charge in [0.05, 0.1) is 11.7 Å². The molecule has 4 nitrogen and oxygen atoms in total. The Morgan fingerprint density at radius 1 is 1.44 bits per heavy atom. The van der Waals surface area contributed by atoms with Gasteiger partial charge >= 0.3 is 0 Å². The van der Waals surface area contributed by atoms with Gasteiger partial charge in [0.25, 0.3) is 5.91 Å². The predicted molar refractivity (Wildman–Crippen MR) is 73.6 cm³/mol. The van der Waals surface area contributed by atoms with Gasteiger partial charge in [0.1, 0.15) is 0 Å². The monoisotopic (exact) mass is 250 g/mol. The van der Waals surface area contributed by atoms with Crippen molar-refractivity contribution in [2.24, 2.45) is 0 Å². The molecule has 0 aliphatic heterocycles. The predicted octanol–water partition coefficient (Wildman–Crippen LogP) is 2.12. The SMILES string of the molecule is Cc1ccc(N)c(C(=O)NCCCOC(C)C)c1. The third-order valence-electron chi connectivity index (χ3n) is 2.51. The Morgan fingerprint density at radius 2 is 2.17 bits per heavy atom. The summed E-state index contributed by atoms with van der Waals surface area (Å²) in [4.78, 5) is 11.9. The van der Waals surface area contributed by atoms with Crippen LogP contribution in [0.5, 0.6) is 0 Å². The molecule has 100 valence electrons. The number of nitrogen functional groups attached to an aromatic ring is 1. The summed E-state index contributed by atoms with van der Waals surface area (Å²) in [7, 11) is 0. The number of nitrogens with one attached hydrogen (secondary N) is 1. The molecule has 1 aromatic carbocycles. The van der Waals surface area contributed by atoms with Gasteiger partial charge in [-0.25, -0.2) is 0 Å². The van der Waals surface area contributed by atoms with E-state index in [9.17, 15) is 4.79 Å². The van der Waals surface area contributed by atoms with E-state index in [0.29, 0.717) is 24.4 Å². The number of amides is 1. The van der Waals surface area contributed by atoms with E-state index in [2.05, 4.69) is 5.32 Å². The number of carbonyl (C=O) groups is 1. The largest absolute Gasteiger partial charge is 0.398 e. The highest BCUT2D eigenvalue weighted by atomic mass is 16.5. The van der Waals surface area contributed by atoms with E-state index in [1.54, 1.807) is 12.1 Å². The molecule has 0 aliphatic rings. The summed E-state index contributed by atoms with van der Waals surface area (Å²) in [6.45, 7) is 7.17. The summed E-state index contributed by atoms with van der Waals surface area (Å²) in [6.07, 6.45) is 1.03. The molecule has 18 heavy (non-hydrogen) atoms. The van der Waals surface area contributed by atoms with Crippen LogP contribution in [0.25, 0.3) is 0 Å². The molecule has 1 amide bonds. The Morgan fingerprint density at radius 3 is 2.83 bits per heavy atom. The van der Waals surface area contributed by atoms with Gasteiger partial charge in [0.2, 0.25) is 0 Å². The first-order valence-electron chi connectivity index (χ1n) is 6.26. The highest BCUT2D eigenvalue weighted by Gasteiger charge is 2.08. The van der Waals surface area contributed by atoms with E-state index >= 15 is 0 Å². The van der Waals surface area contributed by atoms with Crippen LogP contribution in [0.3, 0.4) is 0 Å². The zero-order chi connectivity index (χ0) is 13.5. The van der Waals surface area contributed by atoms with Gasteiger partial charge in [-0.15, -0.1) is 0 Å². The van der Waals surface area contributed by atoms with E-state index in [0.717, 1.165) is 12.0 Å². The van der Waals surface area contributed by atoms with Crippen LogP contribution in [0.15, 0.2) is 18.2 Å². The third-order valence-corrected chi connectivity index (χ3v) is 2.51. The highest BCUT2D eigenvalue weighted by Crippen LogP contribution is 2.13. The third kappa shape index (κ3) is 4.75. The number of anilines is 1. The molecular weight excluding hydrogens is 228 g/mol. The number of hydrogen-bond acceptors (Lipinski definition) is 3. The first-order valence-corrected chi connectivity index (χ1v) is 6.26. The van der Waals surface area contributed by atoms with Gasteiger partial charge in [-0.3, -0.25) is 4.79 Å². The van der Waals surface area contributed by atoms with Gasteiger partial charge in [0.15, 0.2) is 0 Å². The fourth-order valence-corrected chi connectivity index (χ4v) is 1.56. The van der Waals surface area contributed by atoms with Crippen molar-refractivity contribution < 1.29 is 9.53 Å². The zero-order valence-electron chi connectivity index (χ0n) is 11.3. The van der Waals surface area contributed by atoms with Crippen molar-refractivity contribution in [3.05, 3.63) is 29.3 Å². The van der Waals surface area contributed by atoms with Gasteiger partial charge in [0, 0.05) is 18.8 Å². The fraction of sp³-hybridized carbons (Fsp3) is 0.500. The van der Waals surface area contributed by atoms with Crippen molar-refractivity contribution in [1.82, 2.24) is 5.32 Å². The van der Waals surface area contributed by atoms with Crippen LogP contribution in [-0.2, 0) is 4.74 Å². The molecule has 1 aromatic rings. The number of hydrogen-bond donors (Lipinski definition) is 2. The first-order chi connectivity index (χ1) is 8.50. The van der Waals surface area contributed by atoms with Crippen molar-refractivity contribution in [3.8, 4) is 0 Å². The van der Waals surface area contributed by atoms with Gasteiger partial charge in [-0.2, -0.15) is 0 Å². The molecular formula is C14H22N2O2. The van der Waals surface area contributed by atoms with Crippen molar-refractivity contribution in [2.45, 2.75) is 33.3 Å². The average molecular weight is 250 g/mol. The zero-order valence-corrected chi connectivity index (χ0v) is 11.3. The lowest BCUT2D eigenvalue weighted by Crippen LogP contribution is -2.26. The molecule has 0 atom stereocenters. The smallest absolute Gasteiger partial charge is 0.253 e. The lowest BCUT2D eigenvalue weighted by molar-refractivity contribution is 0.0757. The molecule has 0 saturated heterocycles. The molecule has 0 aliphatic carbocycles. The van der Waals surface area contributed by atoms with E-state index in [1.807, 2.05) is 26.8 Å². The number of aryl methyl sites for hydroxylation is 1. The summed E-state index contributed by atoms with van der Waals surface area (Å²) in [5, 5.41) is 2.84. The number of rotatable bonds is 6. The summed E-state index contributed by atoms with van der Waals surface area (Å²) in [6, 6.07) is 5.45. The summed E-state index contributed by atoms with van der Waals surface area (Å²) >= 11 is 0. The fourth-order valence-electron chi connectivity index (χ4n) is 1.56. The normalized spacial score (nSPS) is 10.7. The van der Waals surface area contributed by atoms with Crippen LogP contribution in [0.1, 0.15) is 36.2 Å². The summed E-state index contributed by atoms with van der Waals surface area (Å²) < 4.78 is 5.40. The summed E-state index contributed by atoms with van der Waals surface area (Å²) in [5.41, 5.74) is 7.85. The molecule has 0 saturated carbocycles. The van der Waals surface area contributed by atoms with E-state index < -0.39 is 0 Å². The number of benzene rings is 1. The second-order valence-electron chi connectivity index (χ2n) is 4.62. The minimum absolute atomic E-state index is 0.124. The van der Waals surface area contributed by atoms with Crippen LogP contribution < -0.4 is 11.1 Å². The lowest BCUT2D eigenvalue weighted by atomic mass is 10.1. The van der Waals surface area contributed by atoms with Gasteiger partial charge < -0.3 is 15.8 Å². The van der Waals surface area contributed by atoms with Crippen LogP contribution in [0, 0.1) is 6.92 Å². The van der Waals surface area contributed by atoms with E-state index in [1.165, 1.54) is 0 Å². The van der Waals surface area contributed by atoms with Crippen molar-refractivity contribution in [2.75, 3.05) is 18.9 Å². The maximum atomic E-state index is 11.9. The van der Waals surface area contributed by atoms with Gasteiger partial charge in [-0.05, 0) is 39.3 Å². The van der Waals surface area contributed by atoms with Crippen LogP contribution in [0.2, 0.25) is 0 Å². The molecule has 0 radical (unpaired) electrons. The maximum absolute atomic E-state index is 11.9. The molecule has 0 fully saturated rings. The lowest BCUT2D eigenvalue weighted by Gasteiger charge is -2.09. The Hall–Kier alpha value is -1.55. The molecule has 4 heteroatoms. The van der Waals surface area contributed by atoms with Crippen molar-refractivity contribution in [1.29, 1.82) is 0 Å². The average Bonchev–Trinajstić information content (AvgIpc) is 2.31. The second kappa shape index (κ2) is 7.01. The van der Waals surface area contributed by atoms with Crippen LogP contribution in [-0.4, -0.2) is 25.2 Å². The molecule has 3 N–H and O–H groups in total. The van der Waals surface area contributed by atoms with E-state index in [-0.39, 0.29) is 12.0 Å². The molecule has 0 aromatic heterocycles. The molecule has 0 spiro atoms. The standard InChI is InChI=1S/C14H22N2O2/c1-10(2)18-8-4-7-16-14(17)12-9-11(3)5-6-13(12)15/h5-6,9-10H,4,7-8,15H2,1-3H3,(H,16,17). The minimum atomic E-state index is -0.124. The van der Waals surface area contributed by atoms with Crippen molar-refractivity contribution in [3.63, 3.8) is 0 Å². The summed E-state index contributed by atoms with van der Waals surface area (Å²) in [5.74, 6) is -0.124. The Bertz CT molecular complexity index is 403. The maximum Gasteiger partial charge on any atom is 0.253 e.